The number of likely N-dealkylation sites (N-methyl/N-ethyl adjacent to an activating group) is 1. The number of aromatic nitrogens is 4. The van der Waals surface area contributed by atoms with Crippen molar-refractivity contribution in [2.45, 2.75) is 32.4 Å². The Morgan fingerprint density at radius 2 is 1.73 bits per heavy atom. The molecule has 0 saturated carbocycles. The summed E-state index contributed by atoms with van der Waals surface area (Å²) < 4.78 is 1.53. The molecular formula is C20H23N5O. The van der Waals surface area contributed by atoms with E-state index in [1.165, 1.54) is 16.6 Å². The Bertz CT molecular complexity index is 815. The molecular weight excluding hydrogens is 326 g/mol. The zero-order valence-corrected chi connectivity index (χ0v) is 15.1. The fraction of sp³-hybridized carbons (Fsp3) is 0.300. The second-order valence-corrected chi connectivity index (χ2v) is 6.36. The van der Waals surface area contributed by atoms with Gasteiger partial charge in [0.15, 0.2) is 0 Å². The molecule has 26 heavy (non-hydrogen) atoms. The minimum atomic E-state index is -0.465. The Hall–Kier alpha value is -3.02. The predicted molar refractivity (Wildman–Crippen MR) is 99.3 cm³/mol. The molecule has 1 unspecified atom stereocenters. The van der Waals surface area contributed by atoms with Crippen molar-refractivity contribution in [2.24, 2.45) is 0 Å². The van der Waals surface area contributed by atoms with Crippen LogP contribution in [0.4, 0.5) is 0 Å². The van der Waals surface area contributed by atoms with Gasteiger partial charge in [0.1, 0.15) is 12.4 Å². The number of hydrogen-bond acceptors (Lipinski definition) is 4. The quantitative estimate of drug-likeness (QED) is 0.658. The Balaban J connectivity index is 1.75. The van der Waals surface area contributed by atoms with E-state index in [2.05, 4.69) is 46.7 Å². The molecule has 1 heterocycles. The van der Waals surface area contributed by atoms with E-state index in [1.54, 1.807) is 4.90 Å². The van der Waals surface area contributed by atoms with Crippen LogP contribution in [-0.4, -0.2) is 38.1 Å². The van der Waals surface area contributed by atoms with Crippen molar-refractivity contribution >= 4 is 5.91 Å². The van der Waals surface area contributed by atoms with Crippen LogP contribution >= 0.6 is 0 Å². The summed E-state index contributed by atoms with van der Waals surface area (Å²) in [5, 5.41) is 11.3. The third-order valence-corrected chi connectivity index (χ3v) is 4.47. The van der Waals surface area contributed by atoms with Crippen LogP contribution in [0.25, 0.3) is 0 Å². The highest BCUT2D eigenvalue weighted by molar-refractivity contribution is 5.80. The average Bonchev–Trinajstić information content (AvgIpc) is 3.21. The van der Waals surface area contributed by atoms with Crippen molar-refractivity contribution < 1.29 is 4.79 Å². The molecule has 0 aliphatic rings. The first kappa shape index (κ1) is 17.8. The molecule has 1 amide bonds. The van der Waals surface area contributed by atoms with Gasteiger partial charge in [-0.1, -0.05) is 61.5 Å². The predicted octanol–water partition coefficient (Wildman–Crippen LogP) is 2.68. The zero-order valence-electron chi connectivity index (χ0n) is 15.1. The monoisotopic (exact) mass is 349 g/mol. The van der Waals surface area contributed by atoms with Crippen molar-refractivity contribution in [1.82, 2.24) is 25.1 Å². The molecule has 0 radical (unpaired) electrons. The molecule has 0 fully saturated rings. The van der Waals surface area contributed by atoms with Gasteiger partial charge in [0.05, 0.1) is 0 Å². The van der Waals surface area contributed by atoms with E-state index in [0.29, 0.717) is 13.0 Å². The topological polar surface area (TPSA) is 63.9 Å². The number of benzene rings is 2. The average molecular weight is 349 g/mol. The maximum atomic E-state index is 13.1. The lowest BCUT2D eigenvalue weighted by atomic mass is 10.0. The fourth-order valence-corrected chi connectivity index (χ4v) is 2.93. The SMILES string of the molecule is CCc1ccc(CN(C)C(=O)C(Cc2ccccc2)n2cnnn2)cc1. The van der Waals surface area contributed by atoms with Gasteiger partial charge in [-0.2, -0.15) is 0 Å². The smallest absolute Gasteiger partial charge is 0.247 e. The standard InChI is InChI=1S/C20H23N5O/c1-3-16-9-11-18(12-10-16)14-24(2)20(26)19(25-15-21-22-23-25)13-17-7-5-4-6-8-17/h4-12,15,19H,3,13-14H2,1-2H3. The first-order valence-corrected chi connectivity index (χ1v) is 8.76. The summed E-state index contributed by atoms with van der Waals surface area (Å²) in [6.45, 7) is 2.68. The number of tetrazole rings is 1. The highest BCUT2D eigenvalue weighted by Gasteiger charge is 2.25. The highest BCUT2D eigenvalue weighted by atomic mass is 16.2. The molecule has 0 spiro atoms. The normalized spacial score (nSPS) is 11.9. The number of aryl methyl sites for hydroxylation is 1. The highest BCUT2D eigenvalue weighted by Crippen LogP contribution is 2.17. The summed E-state index contributed by atoms with van der Waals surface area (Å²) in [5.41, 5.74) is 3.47. The molecule has 0 aliphatic heterocycles. The van der Waals surface area contributed by atoms with Gasteiger partial charge in [0, 0.05) is 20.0 Å². The molecule has 134 valence electrons. The first-order valence-electron chi connectivity index (χ1n) is 8.76. The van der Waals surface area contributed by atoms with Crippen molar-refractivity contribution in [3.8, 4) is 0 Å². The first-order chi connectivity index (χ1) is 12.7. The Kier molecular flexibility index (Phi) is 5.73. The summed E-state index contributed by atoms with van der Waals surface area (Å²) in [7, 11) is 1.82. The van der Waals surface area contributed by atoms with E-state index in [9.17, 15) is 4.79 Å². The maximum Gasteiger partial charge on any atom is 0.247 e. The van der Waals surface area contributed by atoms with E-state index in [4.69, 9.17) is 0 Å². The lowest BCUT2D eigenvalue weighted by Gasteiger charge is -2.24. The molecule has 3 rings (SSSR count). The van der Waals surface area contributed by atoms with Crippen molar-refractivity contribution in [3.63, 3.8) is 0 Å². The van der Waals surface area contributed by atoms with Gasteiger partial charge in [-0.3, -0.25) is 4.79 Å². The molecule has 0 aliphatic carbocycles. The van der Waals surface area contributed by atoms with Crippen LogP contribution in [0.5, 0.6) is 0 Å². The maximum absolute atomic E-state index is 13.1. The molecule has 1 aromatic heterocycles. The van der Waals surface area contributed by atoms with Crippen LogP contribution in [-0.2, 0) is 24.2 Å². The van der Waals surface area contributed by atoms with E-state index in [0.717, 1.165) is 17.5 Å². The number of carbonyl (C=O) groups is 1. The second kappa shape index (κ2) is 8.38. The van der Waals surface area contributed by atoms with Gasteiger partial charge >= 0.3 is 0 Å². The Morgan fingerprint density at radius 1 is 1.04 bits per heavy atom. The number of carbonyl (C=O) groups excluding carboxylic acids is 1. The summed E-state index contributed by atoms with van der Waals surface area (Å²) in [5.74, 6) is -0.0132. The van der Waals surface area contributed by atoms with E-state index in [1.807, 2.05) is 37.4 Å². The third-order valence-electron chi connectivity index (χ3n) is 4.47. The van der Waals surface area contributed by atoms with Gasteiger partial charge in [-0.15, -0.1) is 5.10 Å². The lowest BCUT2D eigenvalue weighted by molar-refractivity contribution is -0.134. The van der Waals surface area contributed by atoms with Crippen LogP contribution in [0.3, 0.4) is 0 Å². The largest absolute Gasteiger partial charge is 0.340 e. The molecule has 3 aromatic rings. The van der Waals surface area contributed by atoms with E-state index >= 15 is 0 Å². The molecule has 6 nitrogen and oxygen atoms in total. The summed E-state index contributed by atoms with van der Waals surface area (Å²) in [4.78, 5) is 14.8. The molecule has 0 N–H and O–H groups in total. The van der Waals surface area contributed by atoms with Crippen molar-refractivity contribution in [1.29, 1.82) is 0 Å². The minimum absolute atomic E-state index is 0.0132. The lowest BCUT2D eigenvalue weighted by Crippen LogP contribution is -2.35. The van der Waals surface area contributed by atoms with Gasteiger partial charge in [-0.25, -0.2) is 4.68 Å². The minimum Gasteiger partial charge on any atom is -0.340 e. The van der Waals surface area contributed by atoms with Crippen molar-refractivity contribution in [3.05, 3.63) is 77.6 Å². The third kappa shape index (κ3) is 4.33. The molecule has 0 bridgehead atoms. The van der Waals surface area contributed by atoms with Crippen LogP contribution < -0.4 is 0 Å². The van der Waals surface area contributed by atoms with Gasteiger partial charge in [0.25, 0.3) is 0 Å². The molecule has 1 atom stereocenters. The van der Waals surface area contributed by atoms with Crippen LogP contribution in [0, 0.1) is 0 Å². The molecule has 6 heteroatoms. The fourth-order valence-electron chi connectivity index (χ4n) is 2.93. The number of rotatable bonds is 7. The van der Waals surface area contributed by atoms with Gasteiger partial charge in [0.2, 0.25) is 5.91 Å². The van der Waals surface area contributed by atoms with Gasteiger partial charge < -0.3 is 4.90 Å². The van der Waals surface area contributed by atoms with E-state index in [-0.39, 0.29) is 5.91 Å². The number of nitrogens with zero attached hydrogens (tertiary/aromatic N) is 5. The molecule has 0 saturated heterocycles. The molecule has 2 aromatic carbocycles. The van der Waals surface area contributed by atoms with Gasteiger partial charge in [-0.05, 0) is 33.5 Å². The second-order valence-electron chi connectivity index (χ2n) is 6.36. The zero-order chi connectivity index (χ0) is 18.4. The van der Waals surface area contributed by atoms with E-state index < -0.39 is 6.04 Å². The Labute approximate surface area is 153 Å². The summed E-state index contributed by atoms with van der Waals surface area (Å²) in [6.07, 6.45) is 3.05. The number of hydrogen-bond donors (Lipinski definition) is 0. The van der Waals surface area contributed by atoms with Crippen LogP contribution in [0.2, 0.25) is 0 Å². The Morgan fingerprint density at radius 3 is 2.35 bits per heavy atom. The van der Waals surface area contributed by atoms with Crippen molar-refractivity contribution in [2.75, 3.05) is 7.05 Å². The summed E-state index contributed by atoms with van der Waals surface area (Å²) in [6, 6.07) is 17.8. The van der Waals surface area contributed by atoms with Crippen LogP contribution in [0.1, 0.15) is 29.7 Å². The number of amides is 1. The summed E-state index contributed by atoms with van der Waals surface area (Å²) >= 11 is 0. The van der Waals surface area contributed by atoms with Crippen LogP contribution in [0.15, 0.2) is 60.9 Å².